The van der Waals surface area contributed by atoms with Crippen LogP contribution in [0.2, 0.25) is 0 Å². The van der Waals surface area contributed by atoms with Crippen molar-refractivity contribution in [1.29, 1.82) is 0 Å². The Labute approximate surface area is 185 Å². The Bertz CT molecular complexity index is 493. The Kier molecular flexibility index (Phi) is 14.8. The average Bonchev–Trinajstić information content (AvgIpc) is 2.76. The summed E-state index contributed by atoms with van der Waals surface area (Å²) in [6, 6.07) is 0. The van der Waals surface area contributed by atoms with Gasteiger partial charge in [0.05, 0.1) is 61.1 Å². The summed E-state index contributed by atoms with van der Waals surface area (Å²) >= 11 is 11.3. The molecule has 0 atom stereocenters. The lowest BCUT2D eigenvalue weighted by atomic mass is 9.90. The van der Waals surface area contributed by atoms with E-state index >= 15 is 0 Å². The first-order chi connectivity index (χ1) is 13.8. The second-order valence-corrected chi connectivity index (χ2v) is 7.37. The number of thiol groups is 3. The van der Waals surface area contributed by atoms with Crippen molar-refractivity contribution < 1.29 is 48.7 Å². The average molecular weight is 477 g/mol. The van der Waals surface area contributed by atoms with Crippen LogP contribution in [0.25, 0.3) is 0 Å². The molecule has 0 fully saturated rings. The van der Waals surface area contributed by atoms with Gasteiger partial charge in [0.2, 0.25) is 0 Å². The summed E-state index contributed by atoms with van der Waals surface area (Å²) in [4.78, 5) is 34.1. The lowest BCUT2D eigenvalue weighted by Gasteiger charge is -2.33. The predicted molar refractivity (Wildman–Crippen MR) is 111 cm³/mol. The zero-order valence-electron chi connectivity index (χ0n) is 15.8. The van der Waals surface area contributed by atoms with E-state index in [1.165, 1.54) is 0 Å². The minimum absolute atomic E-state index is 0.172. The molecule has 13 heteroatoms. The van der Waals surface area contributed by atoms with Gasteiger partial charge in [-0.15, -0.1) is 0 Å². The maximum atomic E-state index is 11.4. The first-order valence-electron chi connectivity index (χ1n) is 8.45. The first kappa shape index (κ1) is 28.3. The summed E-state index contributed by atoms with van der Waals surface area (Å²) in [7, 11) is 0. The van der Waals surface area contributed by atoms with E-state index in [1.54, 1.807) is 0 Å². The molecule has 3 N–H and O–H groups in total. The second-order valence-electron chi connectivity index (χ2n) is 6.42. The highest BCUT2D eigenvalue weighted by Gasteiger charge is 2.37. The third-order valence-electron chi connectivity index (χ3n) is 3.83. The molecule has 0 aliphatic carbocycles. The van der Waals surface area contributed by atoms with Gasteiger partial charge in [-0.1, -0.05) is 0 Å². The number of hydrogen-bond donors (Lipinski definition) is 6. The van der Waals surface area contributed by atoms with Crippen molar-refractivity contribution in [3.8, 4) is 0 Å². The zero-order valence-corrected chi connectivity index (χ0v) is 18.5. The van der Waals surface area contributed by atoms with Gasteiger partial charge in [-0.2, -0.15) is 37.9 Å². The van der Waals surface area contributed by atoms with Crippen LogP contribution in [0.15, 0.2) is 0 Å². The highest BCUT2D eigenvalue weighted by atomic mass is 32.1. The lowest BCUT2D eigenvalue weighted by molar-refractivity contribution is -0.161. The number of aliphatic hydroxyl groups is 3. The summed E-state index contributed by atoms with van der Waals surface area (Å²) in [5.74, 6) is -2.48. The van der Waals surface area contributed by atoms with Crippen molar-refractivity contribution in [2.45, 2.75) is 0 Å². The van der Waals surface area contributed by atoms with Gasteiger partial charge in [0, 0.05) is 0 Å². The number of esters is 3. The topological polar surface area (TPSA) is 149 Å². The maximum absolute atomic E-state index is 11.4. The van der Waals surface area contributed by atoms with Crippen LogP contribution in [0.3, 0.4) is 0 Å². The highest BCUT2D eigenvalue weighted by Crippen LogP contribution is 2.23. The molecule has 0 heterocycles. The fourth-order valence-corrected chi connectivity index (χ4v) is 2.13. The number of carbonyl (C=O) groups is 3. The molecule has 0 saturated carbocycles. The summed E-state index contributed by atoms with van der Waals surface area (Å²) < 4.78 is 20.4. The van der Waals surface area contributed by atoms with Crippen molar-refractivity contribution in [2.24, 2.45) is 10.8 Å². The van der Waals surface area contributed by atoms with Gasteiger partial charge in [0.25, 0.3) is 0 Å². The fraction of sp³-hybridized carbons (Fsp3) is 0.812. The molecule has 0 radical (unpaired) electrons. The van der Waals surface area contributed by atoms with E-state index in [9.17, 15) is 29.7 Å². The Balaban J connectivity index is 5.10. The van der Waals surface area contributed by atoms with Crippen molar-refractivity contribution in [2.75, 3.05) is 70.1 Å². The van der Waals surface area contributed by atoms with Crippen LogP contribution in [0, 0.1) is 10.8 Å². The summed E-state index contributed by atoms with van der Waals surface area (Å²) in [5.41, 5.74) is -2.60. The van der Waals surface area contributed by atoms with E-state index in [4.69, 9.17) is 18.9 Å². The first-order valence-corrected chi connectivity index (χ1v) is 10.4. The molecular weight excluding hydrogens is 448 g/mol. The minimum Gasteiger partial charge on any atom is -0.464 e. The third-order valence-corrected chi connectivity index (χ3v) is 4.60. The standard InChI is InChI=1S/C16H28O10S3/c17-4-15(5-18,9-24-12(20)1-27)7-23-8-16(6-19,10-25-13(21)2-28)11-26-14(22)3-29/h17-19,27-29H,1-11H2. The van der Waals surface area contributed by atoms with E-state index in [1.807, 2.05) is 0 Å². The Morgan fingerprint density at radius 3 is 1.21 bits per heavy atom. The highest BCUT2D eigenvalue weighted by molar-refractivity contribution is 7.81. The summed E-state index contributed by atoms with van der Waals surface area (Å²) in [6.45, 7) is -3.18. The fourth-order valence-electron chi connectivity index (χ4n) is 1.86. The number of rotatable bonds is 16. The zero-order chi connectivity index (χ0) is 22.3. The molecule has 0 bridgehead atoms. The van der Waals surface area contributed by atoms with Gasteiger partial charge in [-0.3, -0.25) is 14.4 Å². The molecular formula is C16H28O10S3. The molecule has 0 aliphatic rings. The molecule has 0 aromatic rings. The quantitative estimate of drug-likeness (QED) is 0.0871. The van der Waals surface area contributed by atoms with Gasteiger partial charge in [-0.25, -0.2) is 0 Å². The second kappa shape index (κ2) is 15.2. The molecule has 0 rings (SSSR count). The number of hydrogen-bond acceptors (Lipinski definition) is 13. The lowest BCUT2D eigenvalue weighted by Crippen LogP contribution is -2.45. The van der Waals surface area contributed by atoms with Gasteiger partial charge in [-0.05, 0) is 0 Å². The molecule has 0 amide bonds. The number of aliphatic hydroxyl groups excluding tert-OH is 3. The summed E-state index contributed by atoms with van der Waals surface area (Å²) in [5, 5.41) is 29.0. The van der Waals surface area contributed by atoms with Gasteiger partial charge >= 0.3 is 17.9 Å². The summed E-state index contributed by atoms with van der Waals surface area (Å²) in [6.07, 6.45) is 0. The molecule has 0 saturated heterocycles. The third kappa shape index (κ3) is 10.8. The maximum Gasteiger partial charge on any atom is 0.315 e. The molecule has 0 aromatic heterocycles. The van der Waals surface area contributed by atoms with Crippen LogP contribution in [-0.4, -0.2) is 103 Å². The van der Waals surface area contributed by atoms with E-state index in [0.717, 1.165) is 0 Å². The van der Waals surface area contributed by atoms with Crippen molar-refractivity contribution in [3.63, 3.8) is 0 Å². The van der Waals surface area contributed by atoms with Crippen molar-refractivity contribution in [3.05, 3.63) is 0 Å². The normalized spacial score (nSPS) is 11.8. The van der Waals surface area contributed by atoms with Crippen molar-refractivity contribution >= 4 is 55.8 Å². The largest absolute Gasteiger partial charge is 0.464 e. The molecule has 0 spiro atoms. The predicted octanol–water partition coefficient (Wildman–Crippen LogP) is -1.63. The van der Waals surface area contributed by atoms with Crippen LogP contribution in [-0.2, 0) is 33.3 Å². The molecule has 29 heavy (non-hydrogen) atoms. The van der Waals surface area contributed by atoms with Crippen LogP contribution < -0.4 is 0 Å². The smallest absolute Gasteiger partial charge is 0.315 e. The minimum atomic E-state index is -1.30. The van der Waals surface area contributed by atoms with Crippen LogP contribution in [0.4, 0.5) is 0 Å². The van der Waals surface area contributed by atoms with Gasteiger partial charge in [0.1, 0.15) is 19.8 Å². The van der Waals surface area contributed by atoms with E-state index in [0.29, 0.717) is 0 Å². The Morgan fingerprint density at radius 1 is 0.586 bits per heavy atom. The SMILES string of the molecule is O=C(CS)OCC(CO)(CO)COCC(CO)(COC(=O)CS)COC(=O)CS. The van der Waals surface area contributed by atoms with Gasteiger partial charge < -0.3 is 34.3 Å². The molecule has 0 aliphatic heterocycles. The Hall–Kier alpha value is -0.700. The van der Waals surface area contributed by atoms with Crippen LogP contribution in [0.5, 0.6) is 0 Å². The molecule has 0 aromatic carbocycles. The number of carbonyl (C=O) groups excluding carboxylic acids is 3. The molecule has 10 nitrogen and oxygen atoms in total. The van der Waals surface area contributed by atoms with E-state index in [-0.39, 0.29) is 50.3 Å². The van der Waals surface area contributed by atoms with Gasteiger partial charge in [0.15, 0.2) is 0 Å². The van der Waals surface area contributed by atoms with Crippen LogP contribution >= 0.6 is 37.9 Å². The van der Waals surface area contributed by atoms with Crippen molar-refractivity contribution in [1.82, 2.24) is 0 Å². The van der Waals surface area contributed by atoms with E-state index in [2.05, 4.69) is 37.9 Å². The molecule has 0 unspecified atom stereocenters. The molecule has 170 valence electrons. The Morgan fingerprint density at radius 2 is 0.897 bits per heavy atom. The monoisotopic (exact) mass is 476 g/mol. The number of ether oxygens (including phenoxy) is 4. The van der Waals surface area contributed by atoms with E-state index < -0.39 is 48.6 Å². The van der Waals surface area contributed by atoms with Crippen LogP contribution in [0.1, 0.15) is 0 Å².